The van der Waals surface area contributed by atoms with Crippen molar-refractivity contribution in [2.75, 3.05) is 5.32 Å². The van der Waals surface area contributed by atoms with E-state index >= 15 is 0 Å². The van der Waals surface area contributed by atoms with Gasteiger partial charge in [0.15, 0.2) is 0 Å². The van der Waals surface area contributed by atoms with Crippen molar-refractivity contribution < 1.29 is 4.79 Å². The van der Waals surface area contributed by atoms with Gasteiger partial charge in [0.05, 0.1) is 11.8 Å². The lowest BCUT2D eigenvalue weighted by molar-refractivity contribution is 0.102. The van der Waals surface area contributed by atoms with Crippen LogP contribution in [0.5, 0.6) is 0 Å². The molecule has 0 aliphatic heterocycles. The molecule has 21 heavy (non-hydrogen) atoms. The van der Waals surface area contributed by atoms with Crippen LogP contribution in [0.15, 0.2) is 29.3 Å². The van der Waals surface area contributed by atoms with Crippen LogP contribution in [0, 0.1) is 12.8 Å². The molecule has 0 radical (unpaired) electrons. The molecule has 6 nitrogen and oxygen atoms in total. The number of carbonyl (C=O) groups excluding carboxylic acids is 1. The molecule has 2 aromatic rings. The van der Waals surface area contributed by atoms with Crippen LogP contribution in [0.2, 0.25) is 0 Å². The summed E-state index contributed by atoms with van der Waals surface area (Å²) in [5.74, 6) is 0.131. The van der Waals surface area contributed by atoms with E-state index in [4.69, 9.17) is 0 Å². The van der Waals surface area contributed by atoms with E-state index in [2.05, 4.69) is 24.3 Å². The molecule has 0 spiro atoms. The molecule has 0 unspecified atom stereocenters. The highest BCUT2D eigenvalue weighted by Gasteiger charge is 2.16. The zero-order valence-electron chi connectivity index (χ0n) is 12.8. The molecule has 0 saturated heterocycles. The molecule has 1 N–H and O–H groups in total. The molecule has 0 aliphatic rings. The molecule has 0 atom stereocenters. The predicted molar refractivity (Wildman–Crippen MR) is 81.4 cm³/mol. The Morgan fingerprint density at radius 3 is 2.81 bits per heavy atom. The highest BCUT2D eigenvalue weighted by atomic mass is 16.2. The second-order valence-corrected chi connectivity index (χ2v) is 5.51. The number of rotatable bonds is 4. The van der Waals surface area contributed by atoms with Gasteiger partial charge < -0.3 is 9.88 Å². The van der Waals surface area contributed by atoms with Crippen molar-refractivity contribution in [3.63, 3.8) is 0 Å². The Hall–Kier alpha value is -2.37. The molecule has 0 saturated carbocycles. The van der Waals surface area contributed by atoms with Crippen molar-refractivity contribution >= 4 is 11.6 Å². The fraction of sp³-hybridized carbons (Fsp3) is 0.400. The van der Waals surface area contributed by atoms with E-state index < -0.39 is 0 Å². The maximum absolute atomic E-state index is 12.3. The summed E-state index contributed by atoms with van der Waals surface area (Å²) in [4.78, 5) is 24.2. The number of hydrogen-bond donors (Lipinski definition) is 1. The second-order valence-electron chi connectivity index (χ2n) is 5.51. The molecule has 6 heteroatoms. The van der Waals surface area contributed by atoms with Crippen LogP contribution >= 0.6 is 0 Å². The Kier molecular flexibility index (Phi) is 4.26. The third-order valence-electron chi connectivity index (χ3n) is 3.26. The average Bonchev–Trinajstić information content (AvgIpc) is 2.76. The second kappa shape index (κ2) is 5.95. The minimum Gasteiger partial charge on any atom is -0.317 e. The molecule has 0 aliphatic carbocycles. The van der Waals surface area contributed by atoms with Crippen LogP contribution in [-0.4, -0.2) is 20.3 Å². The lowest BCUT2D eigenvalue weighted by Gasteiger charge is -2.08. The minimum atomic E-state index is -0.314. The van der Waals surface area contributed by atoms with Gasteiger partial charge in [-0.15, -0.1) is 0 Å². The Morgan fingerprint density at radius 1 is 1.43 bits per heavy atom. The molecule has 0 fully saturated rings. The van der Waals surface area contributed by atoms with Gasteiger partial charge >= 0.3 is 0 Å². The number of amides is 1. The van der Waals surface area contributed by atoms with Crippen molar-refractivity contribution in [3.8, 4) is 0 Å². The van der Waals surface area contributed by atoms with Gasteiger partial charge in [-0.3, -0.25) is 14.3 Å². The summed E-state index contributed by atoms with van der Waals surface area (Å²) in [5, 5.41) is 6.88. The number of aromatic nitrogens is 3. The first-order valence-corrected chi connectivity index (χ1v) is 6.89. The monoisotopic (exact) mass is 288 g/mol. The van der Waals surface area contributed by atoms with Gasteiger partial charge in [-0.25, -0.2) is 0 Å². The SMILES string of the molecule is Cc1c(C(=O)Nc2cccn(C)c2=O)cnn1CC(C)C. The van der Waals surface area contributed by atoms with Crippen LogP contribution < -0.4 is 10.9 Å². The molecule has 0 bridgehead atoms. The highest BCUT2D eigenvalue weighted by molar-refractivity contribution is 6.04. The summed E-state index contributed by atoms with van der Waals surface area (Å²) in [6.07, 6.45) is 3.18. The van der Waals surface area contributed by atoms with Gasteiger partial charge in [-0.1, -0.05) is 13.8 Å². The van der Waals surface area contributed by atoms with Crippen LogP contribution in [0.25, 0.3) is 0 Å². The standard InChI is InChI=1S/C15H20N4O2/c1-10(2)9-19-11(3)12(8-16-19)14(20)17-13-6-5-7-18(4)15(13)21/h5-8,10H,9H2,1-4H3,(H,17,20). The summed E-state index contributed by atoms with van der Waals surface area (Å²) >= 11 is 0. The van der Waals surface area contributed by atoms with Crippen molar-refractivity contribution in [3.05, 3.63) is 46.1 Å². The number of nitrogens with one attached hydrogen (secondary N) is 1. The predicted octanol–water partition coefficient (Wildman–Crippen LogP) is 1.80. The maximum Gasteiger partial charge on any atom is 0.274 e. The van der Waals surface area contributed by atoms with E-state index in [-0.39, 0.29) is 17.2 Å². The van der Waals surface area contributed by atoms with Gasteiger partial charge in [-0.05, 0) is 25.0 Å². The Bertz CT molecular complexity index is 713. The molecule has 0 aromatic carbocycles. The van der Waals surface area contributed by atoms with E-state index in [1.807, 2.05) is 11.6 Å². The van der Waals surface area contributed by atoms with E-state index in [0.29, 0.717) is 11.5 Å². The van der Waals surface area contributed by atoms with Crippen molar-refractivity contribution in [2.45, 2.75) is 27.3 Å². The van der Waals surface area contributed by atoms with Crippen molar-refractivity contribution in [1.29, 1.82) is 0 Å². The number of hydrogen-bond acceptors (Lipinski definition) is 3. The zero-order valence-corrected chi connectivity index (χ0v) is 12.8. The largest absolute Gasteiger partial charge is 0.317 e. The number of nitrogens with zero attached hydrogens (tertiary/aromatic N) is 3. The smallest absolute Gasteiger partial charge is 0.274 e. The van der Waals surface area contributed by atoms with Crippen molar-refractivity contribution in [2.24, 2.45) is 13.0 Å². The van der Waals surface area contributed by atoms with Crippen LogP contribution in [0.1, 0.15) is 29.9 Å². The van der Waals surface area contributed by atoms with Gasteiger partial charge in [0, 0.05) is 25.5 Å². The highest BCUT2D eigenvalue weighted by Crippen LogP contribution is 2.11. The van der Waals surface area contributed by atoms with E-state index in [1.165, 1.54) is 4.57 Å². The first-order chi connectivity index (χ1) is 9.90. The Morgan fingerprint density at radius 2 is 2.14 bits per heavy atom. The van der Waals surface area contributed by atoms with Crippen LogP contribution in [0.3, 0.4) is 0 Å². The lowest BCUT2D eigenvalue weighted by Crippen LogP contribution is -2.24. The van der Waals surface area contributed by atoms with E-state index in [0.717, 1.165) is 12.2 Å². The van der Waals surface area contributed by atoms with E-state index in [1.54, 1.807) is 31.6 Å². The lowest BCUT2D eigenvalue weighted by atomic mass is 10.2. The van der Waals surface area contributed by atoms with Gasteiger partial charge in [0.2, 0.25) is 0 Å². The van der Waals surface area contributed by atoms with E-state index in [9.17, 15) is 9.59 Å². The number of anilines is 1. The topological polar surface area (TPSA) is 68.9 Å². The summed E-state index contributed by atoms with van der Waals surface area (Å²) < 4.78 is 3.23. The Balaban J connectivity index is 2.23. The van der Waals surface area contributed by atoms with Crippen LogP contribution in [0.4, 0.5) is 5.69 Å². The van der Waals surface area contributed by atoms with Gasteiger partial charge in [0.1, 0.15) is 5.69 Å². The van der Waals surface area contributed by atoms with Crippen LogP contribution in [-0.2, 0) is 13.6 Å². The number of aryl methyl sites for hydroxylation is 1. The average molecular weight is 288 g/mol. The molecule has 2 rings (SSSR count). The fourth-order valence-electron chi connectivity index (χ4n) is 2.08. The maximum atomic E-state index is 12.3. The Labute approximate surface area is 123 Å². The molecule has 2 aromatic heterocycles. The third-order valence-corrected chi connectivity index (χ3v) is 3.26. The molecule has 112 valence electrons. The first kappa shape index (κ1) is 15.0. The molecular formula is C15H20N4O2. The third kappa shape index (κ3) is 3.21. The summed E-state index contributed by atoms with van der Waals surface area (Å²) in [7, 11) is 1.64. The summed E-state index contributed by atoms with van der Waals surface area (Å²) in [6.45, 7) is 6.79. The molecule has 1 amide bonds. The number of pyridine rings is 1. The normalized spacial score (nSPS) is 10.9. The van der Waals surface area contributed by atoms with Crippen molar-refractivity contribution in [1.82, 2.24) is 14.3 Å². The molecule has 2 heterocycles. The molecular weight excluding hydrogens is 268 g/mol. The summed E-state index contributed by atoms with van der Waals surface area (Å²) in [6, 6.07) is 3.31. The summed E-state index contributed by atoms with van der Waals surface area (Å²) in [5.41, 5.74) is 1.31. The number of carbonyl (C=O) groups is 1. The fourth-order valence-corrected chi connectivity index (χ4v) is 2.08. The van der Waals surface area contributed by atoms with Gasteiger partial charge in [-0.2, -0.15) is 5.10 Å². The quantitative estimate of drug-likeness (QED) is 0.932. The van der Waals surface area contributed by atoms with Gasteiger partial charge in [0.25, 0.3) is 11.5 Å². The zero-order chi connectivity index (χ0) is 15.6. The first-order valence-electron chi connectivity index (χ1n) is 6.89. The minimum absolute atomic E-state index is 0.238.